The van der Waals surface area contributed by atoms with Gasteiger partial charge in [-0.2, -0.15) is 0 Å². The fourth-order valence-corrected chi connectivity index (χ4v) is 3.90. The minimum atomic E-state index is -0.148. The zero-order chi connectivity index (χ0) is 17.7. The highest BCUT2D eigenvalue weighted by Crippen LogP contribution is 2.37. The predicted molar refractivity (Wildman–Crippen MR) is 99.4 cm³/mol. The summed E-state index contributed by atoms with van der Waals surface area (Å²) in [4.78, 5) is 17.0. The topological polar surface area (TPSA) is 46.4 Å². The molecule has 1 N–H and O–H groups in total. The van der Waals surface area contributed by atoms with E-state index in [2.05, 4.69) is 15.9 Å². The van der Waals surface area contributed by atoms with Gasteiger partial charge in [-0.05, 0) is 48.7 Å². The van der Waals surface area contributed by atoms with Gasteiger partial charge in [-0.3, -0.25) is 4.79 Å². The minimum absolute atomic E-state index is 0.00257. The number of fused-ring (bicyclic) bond motifs is 3. The molecule has 0 unspecified atom stereocenters. The molecule has 1 atom stereocenters. The Labute approximate surface area is 155 Å². The summed E-state index contributed by atoms with van der Waals surface area (Å²) in [6, 6.07) is 7.85. The van der Waals surface area contributed by atoms with E-state index in [1.54, 1.807) is 0 Å². The first-order chi connectivity index (χ1) is 11.9. The van der Waals surface area contributed by atoms with Crippen molar-refractivity contribution in [3.63, 3.8) is 0 Å². The van der Waals surface area contributed by atoms with Gasteiger partial charge in [-0.25, -0.2) is 4.98 Å². The van der Waals surface area contributed by atoms with Crippen molar-refractivity contribution < 1.29 is 4.79 Å². The van der Waals surface area contributed by atoms with Gasteiger partial charge in [0.15, 0.2) is 0 Å². The average molecular weight is 374 g/mol. The molecule has 0 bridgehead atoms. The Balaban J connectivity index is 1.97. The van der Waals surface area contributed by atoms with Crippen molar-refractivity contribution in [1.82, 2.24) is 14.7 Å². The standard InChI is InChI=1S/C19H17Cl2N3O/c1-10-3-4-17-23-16-8-22-18(25)7-13(19(16)24(17)9-10)12-5-14(20)11(2)15(21)6-12/h3-6,9,13H,7-8H2,1-2H3,(H,22,25)/t13-/m0/s1. The SMILES string of the molecule is Cc1ccc2nc3c(n2c1)[C@H](c1cc(Cl)c(C)c(Cl)c1)CC(=O)NC3. The van der Waals surface area contributed by atoms with Gasteiger partial charge in [0, 0.05) is 28.6 Å². The Morgan fingerprint density at radius 1 is 1.20 bits per heavy atom. The zero-order valence-electron chi connectivity index (χ0n) is 13.9. The zero-order valence-corrected chi connectivity index (χ0v) is 15.4. The number of amides is 1. The van der Waals surface area contributed by atoms with Gasteiger partial charge in [0.2, 0.25) is 5.91 Å². The van der Waals surface area contributed by atoms with Crippen molar-refractivity contribution in [3.05, 3.63) is 68.6 Å². The van der Waals surface area contributed by atoms with Crippen LogP contribution in [0.2, 0.25) is 10.0 Å². The highest BCUT2D eigenvalue weighted by molar-refractivity contribution is 6.36. The lowest BCUT2D eigenvalue weighted by molar-refractivity contribution is -0.121. The third kappa shape index (κ3) is 2.79. The largest absolute Gasteiger partial charge is 0.350 e. The highest BCUT2D eigenvalue weighted by Gasteiger charge is 2.29. The first kappa shape index (κ1) is 16.4. The molecule has 128 valence electrons. The lowest BCUT2D eigenvalue weighted by atomic mass is 9.91. The second-order valence-corrected chi connectivity index (χ2v) is 7.34. The number of nitrogens with one attached hydrogen (secondary N) is 1. The molecule has 6 heteroatoms. The van der Waals surface area contributed by atoms with Crippen molar-refractivity contribution in [2.75, 3.05) is 0 Å². The fourth-order valence-electron chi connectivity index (χ4n) is 3.40. The summed E-state index contributed by atoms with van der Waals surface area (Å²) in [6.45, 7) is 4.36. The van der Waals surface area contributed by atoms with Crippen molar-refractivity contribution in [1.29, 1.82) is 0 Å². The molecule has 25 heavy (non-hydrogen) atoms. The van der Waals surface area contributed by atoms with Crippen LogP contribution in [0.5, 0.6) is 0 Å². The van der Waals surface area contributed by atoms with Gasteiger partial charge in [0.1, 0.15) is 5.65 Å². The van der Waals surface area contributed by atoms with E-state index in [4.69, 9.17) is 28.2 Å². The van der Waals surface area contributed by atoms with Crippen LogP contribution in [0.15, 0.2) is 30.5 Å². The Morgan fingerprint density at radius 2 is 1.92 bits per heavy atom. The lowest BCUT2D eigenvalue weighted by Crippen LogP contribution is -2.21. The monoisotopic (exact) mass is 373 g/mol. The number of halogens is 2. The Hall–Kier alpha value is -2.04. The molecular weight excluding hydrogens is 357 g/mol. The number of benzene rings is 1. The number of hydrogen-bond acceptors (Lipinski definition) is 2. The van der Waals surface area contributed by atoms with Crippen molar-refractivity contribution >= 4 is 34.8 Å². The summed E-state index contributed by atoms with van der Waals surface area (Å²) in [7, 11) is 0. The summed E-state index contributed by atoms with van der Waals surface area (Å²) in [5.74, 6) is -0.151. The molecule has 4 rings (SSSR count). The minimum Gasteiger partial charge on any atom is -0.350 e. The van der Waals surface area contributed by atoms with E-state index in [9.17, 15) is 4.79 Å². The second kappa shape index (κ2) is 6.04. The molecular formula is C19H17Cl2N3O. The summed E-state index contributed by atoms with van der Waals surface area (Å²) < 4.78 is 2.08. The molecule has 0 saturated heterocycles. The maximum absolute atomic E-state index is 12.3. The van der Waals surface area contributed by atoms with Crippen molar-refractivity contribution in [2.24, 2.45) is 0 Å². The van der Waals surface area contributed by atoms with E-state index >= 15 is 0 Å². The van der Waals surface area contributed by atoms with Gasteiger partial charge < -0.3 is 9.72 Å². The number of imidazole rings is 1. The van der Waals surface area contributed by atoms with Gasteiger partial charge in [-0.15, -0.1) is 0 Å². The highest BCUT2D eigenvalue weighted by atomic mass is 35.5. The van der Waals surface area contributed by atoms with Crippen molar-refractivity contribution in [2.45, 2.75) is 32.7 Å². The molecule has 1 aliphatic rings. The Morgan fingerprint density at radius 3 is 2.64 bits per heavy atom. The van der Waals surface area contributed by atoms with E-state index < -0.39 is 0 Å². The van der Waals surface area contributed by atoms with Gasteiger partial charge in [0.05, 0.1) is 17.9 Å². The lowest BCUT2D eigenvalue weighted by Gasteiger charge is -2.17. The first-order valence-electron chi connectivity index (χ1n) is 8.14. The number of carbonyl (C=O) groups is 1. The van der Waals surface area contributed by atoms with Crippen LogP contribution in [0.1, 0.15) is 40.4 Å². The third-order valence-corrected chi connectivity index (χ3v) is 5.54. The Kier molecular flexibility index (Phi) is 3.97. The van der Waals surface area contributed by atoms with Crippen LogP contribution in [-0.4, -0.2) is 15.3 Å². The van der Waals surface area contributed by atoms with Gasteiger partial charge in [-0.1, -0.05) is 29.3 Å². The number of carbonyl (C=O) groups excluding carboxylic acids is 1. The quantitative estimate of drug-likeness (QED) is 0.686. The van der Waals surface area contributed by atoms with Crippen LogP contribution in [0.25, 0.3) is 5.65 Å². The van der Waals surface area contributed by atoms with Gasteiger partial charge >= 0.3 is 0 Å². The number of pyridine rings is 1. The number of aryl methyl sites for hydroxylation is 1. The summed E-state index contributed by atoms with van der Waals surface area (Å²) >= 11 is 12.7. The van der Waals surface area contributed by atoms with Crippen LogP contribution >= 0.6 is 23.2 Å². The normalized spacial score (nSPS) is 17.3. The molecule has 1 aromatic carbocycles. The maximum Gasteiger partial charge on any atom is 0.221 e. The summed E-state index contributed by atoms with van der Waals surface area (Å²) in [5.41, 5.74) is 5.69. The second-order valence-electron chi connectivity index (χ2n) is 6.52. The molecule has 3 aromatic rings. The van der Waals surface area contributed by atoms with E-state index in [1.807, 2.05) is 38.1 Å². The van der Waals surface area contributed by atoms with Crippen LogP contribution < -0.4 is 5.32 Å². The molecule has 0 aliphatic carbocycles. The van der Waals surface area contributed by atoms with E-state index in [1.165, 1.54) is 0 Å². The first-order valence-corrected chi connectivity index (χ1v) is 8.89. The summed E-state index contributed by atoms with van der Waals surface area (Å²) in [5, 5.41) is 4.16. The van der Waals surface area contributed by atoms with Crippen molar-refractivity contribution in [3.8, 4) is 0 Å². The maximum atomic E-state index is 12.3. The number of nitrogens with zero attached hydrogens (tertiary/aromatic N) is 2. The molecule has 0 saturated carbocycles. The van der Waals surface area contributed by atoms with Crippen LogP contribution in [0, 0.1) is 13.8 Å². The number of aromatic nitrogens is 2. The molecule has 1 amide bonds. The Bertz CT molecular complexity index is 986. The van der Waals surface area contributed by atoms with Crippen LogP contribution in [0.3, 0.4) is 0 Å². The molecule has 0 fully saturated rings. The van der Waals surface area contributed by atoms with Gasteiger partial charge in [0.25, 0.3) is 0 Å². The average Bonchev–Trinajstić information content (AvgIpc) is 2.83. The van der Waals surface area contributed by atoms with Crippen LogP contribution in [0.4, 0.5) is 0 Å². The fraction of sp³-hybridized carbons (Fsp3) is 0.263. The predicted octanol–water partition coefficient (Wildman–Crippen LogP) is 4.41. The molecule has 3 heterocycles. The van der Waals surface area contributed by atoms with E-state index in [-0.39, 0.29) is 11.8 Å². The molecule has 1 aliphatic heterocycles. The molecule has 2 aromatic heterocycles. The number of rotatable bonds is 1. The molecule has 0 radical (unpaired) electrons. The molecule has 0 spiro atoms. The molecule has 4 nitrogen and oxygen atoms in total. The van der Waals surface area contributed by atoms with E-state index in [0.29, 0.717) is 23.0 Å². The number of hydrogen-bond donors (Lipinski definition) is 1. The van der Waals surface area contributed by atoms with Crippen LogP contribution in [-0.2, 0) is 11.3 Å². The summed E-state index contributed by atoms with van der Waals surface area (Å²) in [6.07, 6.45) is 2.39. The van der Waals surface area contributed by atoms with E-state index in [0.717, 1.165) is 33.7 Å². The third-order valence-electron chi connectivity index (χ3n) is 4.76. The smallest absolute Gasteiger partial charge is 0.221 e.